The van der Waals surface area contributed by atoms with Gasteiger partial charge in [-0.15, -0.1) is 0 Å². The molecular weight excluding hydrogens is 384 g/mol. The molecule has 3 rings (SSSR count). The molecule has 0 fully saturated rings. The normalized spacial score (nSPS) is 12.2. The van der Waals surface area contributed by atoms with Crippen molar-refractivity contribution in [3.63, 3.8) is 0 Å². The quantitative estimate of drug-likeness (QED) is 0.617. The van der Waals surface area contributed by atoms with Crippen LogP contribution in [-0.4, -0.2) is 28.5 Å². The summed E-state index contributed by atoms with van der Waals surface area (Å²) in [6, 6.07) is 16.1. The monoisotopic (exact) mass is 404 g/mol. The van der Waals surface area contributed by atoms with Crippen molar-refractivity contribution in [2.45, 2.75) is 11.8 Å². The summed E-state index contributed by atoms with van der Waals surface area (Å²) in [7, 11) is -1.35. The van der Waals surface area contributed by atoms with Crippen LogP contribution in [0.25, 0.3) is 0 Å². The van der Waals surface area contributed by atoms with E-state index in [4.69, 9.17) is 4.74 Å². The number of hydrogen-bond donors (Lipinski definition) is 0. The number of carbonyl (C=O) groups is 1. The molecule has 1 amide bonds. The zero-order chi connectivity index (χ0) is 20.9. The zero-order valence-corrected chi connectivity index (χ0v) is 17.2. The third-order valence-corrected chi connectivity index (χ3v) is 5.77. The van der Waals surface area contributed by atoms with Crippen molar-refractivity contribution in [1.82, 2.24) is 4.98 Å². The third-order valence-electron chi connectivity index (χ3n) is 4.11. The van der Waals surface area contributed by atoms with E-state index in [-0.39, 0.29) is 5.56 Å². The van der Waals surface area contributed by atoms with Crippen molar-refractivity contribution in [1.29, 1.82) is 0 Å². The van der Waals surface area contributed by atoms with Gasteiger partial charge in [-0.05, 0) is 55.0 Å². The standard InChI is InChI=1S/C23H20N2O3S/c1-17-5-4-6-18(13-17)7-8-19-14-20(16-24-15-19)23(26)25-29(3,27)22-11-9-21(28-2)10-12-22/h4-6,9-16H,1-3H3. The van der Waals surface area contributed by atoms with Gasteiger partial charge in [0.25, 0.3) is 5.91 Å². The molecule has 0 N–H and O–H groups in total. The van der Waals surface area contributed by atoms with Gasteiger partial charge < -0.3 is 4.74 Å². The molecule has 1 unspecified atom stereocenters. The molecule has 0 aliphatic rings. The molecule has 1 aromatic heterocycles. The predicted molar refractivity (Wildman–Crippen MR) is 113 cm³/mol. The first-order valence-electron chi connectivity index (χ1n) is 8.82. The van der Waals surface area contributed by atoms with Gasteiger partial charge in [-0.25, -0.2) is 4.21 Å². The van der Waals surface area contributed by atoms with Crippen LogP contribution in [0.4, 0.5) is 0 Å². The number of carbonyl (C=O) groups excluding carboxylic acids is 1. The van der Waals surface area contributed by atoms with E-state index in [9.17, 15) is 9.00 Å². The van der Waals surface area contributed by atoms with Crippen molar-refractivity contribution in [2.75, 3.05) is 13.4 Å². The number of benzene rings is 2. The summed E-state index contributed by atoms with van der Waals surface area (Å²) >= 11 is 0. The SMILES string of the molecule is COc1ccc(S(C)(=O)=NC(=O)c2cncc(C#Cc3cccc(C)c3)c2)cc1. The van der Waals surface area contributed by atoms with Gasteiger partial charge in [0.05, 0.1) is 22.4 Å². The van der Waals surface area contributed by atoms with Crippen LogP contribution >= 0.6 is 0 Å². The van der Waals surface area contributed by atoms with Crippen molar-refractivity contribution >= 4 is 15.6 Å². The molecule has 0 spiro atoms. The molecule has 6 heteroatoms. The summed E-state index contributed by atoms with van der Waals surface area (Å²) < 4.78 is 22.0. The Labute approximate surface area is 171 Å². The molecule has 146 valence electrons. The average molecular weight is 404 g/mol. The molecule has 0 aliphatic heterocycles. The summed E-state index contributed by atoms with van der Waals surface area (Å²) in [5.74, 6) is 6.09. The topological polar surface area (TPSA) is 68.6 Å². The summed E-state index contributed by atoms with van der Waals surface area (Å²) in [4.78, 5) is 17.1. The first kappa shape index (κ1) is 20.3. The van der Waals surface area contributed by atoms with Crippen LogP contribution in [0.2, 0.25) is 0 Å². The lowest BCUT2D eigenvalue weighted by molar-refractivity contribution is 0.100. The molecule has 0 saturated heterocycles. The number of hydrogen-bond acceptors (Lipinski definition) is 4. The molecule has 1 heterocycles. The molecule has 0 bridgehead atoms. The van der Waals surface area contributed by atoms with Crippen LogP contribution in [0.3, 0.4) is 0 Å². The summed E-state index contributed by atoms with van der Waals surface area (Å²) in [5, 5.41) is 0. The van der Waals surface area contributed by atoms with Crippen LogP contribution in [-0.2, 0) is 9.73 Å². The molecule has 3 aromatic rings. The second kappa shape index (κ2) is 8.72. The fourth-order valence-corrected chi connectivity index (χ4v) is 3.75. The number of methoxy groups -OCH3 is 1. The predicted octanol–water partition coefficient (Wildman–Crippen LogP) is 4.10. The Kier molecular flexibility index (Phi) is 6.10. The van der Waals surface area contributed by atoms with Crippen molar-refractivity contribution in [3.05, 3.63) is 89.2 Å². The summed E-state index contributed by atoms with van der Waals surface area (Å²) in [5.41, 5.74) is 2.82. The van der Waals surface area contributed by atoms with E-state index in [0.29, 0.717) is 16.2 Å². The smallest absolute Gasteiger partial charge is 0.286 e. The number of ether oxygens (including phenoxy) is 1. The maximum Gasteiger partial charge on any atom is 0.286 e. The van der Waals surface area contributed by atoms with E-state index in [1.165, 1.54) is 12.5 Å². The van der Waals surface area contributed by atoms with E-state index in [1.54, 1.807) is 43.6 Å². The van der Waals surface area contributed by atoms with E-state index in [2.05, 4.69) is 21.2 Å². The lowest BCUT2D eigenvalue weighted by Crippen LogP contribution is -2.04. The van der Waals surface area contributed by atoms with Gasteiger partial charge in [-0.2, -0.15) is 4.36 Å². The van der Waals surface area contributed by atoms with Gasteiger partial charge in [0.1, 0.15) is 5.75 Å². The lowest BCUT2D eigenvalue weighted by atomic mass is 10.1. The van der Waals surface area contributed by atoms with Gasteiger partial charge in [0, 0.05) is 34.7 Å². The first-order chi connectivity index (χ1) is 13.9. The molecule has 1 atom stereocenters. The minimum absolute atomic E-state index is 0.240. The fraction of sp³-hybridized carbons (Fsp3) is 0.130. The minimum Gasteiger partial charge on any atom is -0.497 e. The number of nitrogens with zero attached hydrogens (tertiary/aromatic N) is 2. The number of aromatic nitrogens is 1. The Morgan fingerprint density at radius 2 is 1.76 bits per heavy atom. The van der Waals surface area contributed by atoms with Crippen LogP contribution < -0.4 is 4.74 Å². The Morgan fingerprint density at radius 3 is 2.45 bits per heavy atom. The van der Waals surface area contributed by atoms with Crippen LogP contribution in [0.15, 0.2) is 76.2 Å². The Bertz CT molecular complexity index is 1230. The van der Waals surface area contributed by atoms with Gasteiger partial charge >= 0.3 is 0 Å². The molecule has 29 heavy (non-hydrogen) atoms. The van der Waals surface area contributed by atoms with Crippen molar-refractivity contribution < 1.29 is 13.7 Å². The lowest BCUT2D eigenvalue weighted by Gasteiger charge is -2.05. The van der Waals surface area contributed by atoms with Gasteiger partial charge in [-0.1, -0.05) is 24.0 Å². The second-order valence-electron chi connectivity index (χ2n) is 6.46. The van der Waals surface area contributed by atoms with Gasteiger partial charge in [0.2, 0.25) is 0 Å². The number of pyridine rings is 1. The summed E-state index contributed by atoms with van der Waals surface area (Å²) in [6.07, 6.45) is 4.40. The Balaban J connectivity index is 1.87. The Hall–Kier alpha value is -3.43. The number of amides is 1. The molecule has 0 radical (unpaired) electrons. The zero-order valence-electron chi connectivity index (χ0n) is 16.4. The number of aryl methyl sites for hydroxylation is 1. The highest BCUT2D eigenvalue weighted by molar-refractivity contribution is 7.93. The Morgan fingerprint density at radius 1 is 1.03 bits per heavy atom. The van der Waals surface area contributed by atoms with Crippen LogP contribution in [0.5, 0.6) is 5.75 Å². The molecule has 0 saturated carbocycles. The van der Waals surface area contributed by atoms with E-state index in [0.717, 1.165) is 11.1 Å². The first-order valence-corrected chi connectivity index (χ1v) is 10.7. The maximum absolute atomic E-state index is 12.9. The van der Waals surface area contributed by atoms with E-state index >= 15 is 0 Å². The fourth-order valence-electron chi connectivity index (χ4n) is 2.58. The molecule has 0 aliphatic carbocycles. The van der Waals surface area contributed by atoms with Crippen LogP contribution in [0, 0.1) is 18.8 Å². The highest BCUT2D eigenvalue weighted by atomic mass is 32.2. The van der Waals surface area contributed by atoms with Gasteiger partial charge in [0.15, 0.2) is 0 Å². The molecular formula is C23H20N2O3S. The van der Waals surface area contributed by atoms with E-state index in [1.807, 2.05) is 31.2 Å². The van der Waals surface area contributed by atoms with Crippen molar-refractivity contribution in [2.24, 2.45) is 4.36 Å². The van der Waals surface area contributed by atoms with E-state index < -0.39 is 15.6 Å². The number of rotatable bonds is 3. The summed E-state index contributed by atoms with van der Waals surface area (Å²) in [6.45, 7) is 2.00. The molecule has 5 nitrogen and oxygen atoms in total. The van der Waals surface area contributed by atoms with Gasteiger partial charge in [-0.3, -0.25) is 9.78 Å². The highest BCUT2D eigenvalue weighted by Gasteiger charge is 2.12. The maximum atomic E-state index is 12.9. The highest BCUT2D eigenvalue weighted by Crippen LogP contribution is 2.18. The van der Waals surface area contributed by atoms with Crippen LogP contribution in [0.1, 0.15) is 27.0 Å². The second-order valence-corrected chi connectivity index (χ2v) is 8.72. The minimum atomic E-state index is -2.90. The third kappa shape index (κ3) is 5.31. The van der Waals surface area contributed by atoms with Crippen molar-refractivity contribution in [3.8, 4) is 17.6 Å². The average Bonchev–Trinajstić information content (AvgIpc) is 2.72. The molecule has 2 aromatic carbocycles. The largest absolute Gasteiger partial charge is 0.497 e.